The summed E-state index contributed by atoms with van der Waals surface area (Å²) in [5, 5.41) is 0. The molecule has 0 amide bonds. The summed E-state index contributed by atoms with van der Waals surface area (Å²) in [5.41, 5.74) is 2.90. The summed E-state index contributed by atoms with van der Waals surface area (Å²) in [6.07, 6.45) is 10.7. The fraction of sp³-hybridized carbons (Fsp3) is 0.231. The summed E-state index contributed by atoms with van der Waals surface area (Å²) in [4.78, 5) is 9.45. The van der Waals surface area contributed by atoms with Crippen molar-refractivity contribution in [2.24, 2.45) is 0 Å². The molecule has 0 radical (unpaired) electrons. The molecule has 0 bridgehead atoms. The van der Waals surface area contributed by atoms with Gasteiger partial charge in [-0.2, -0.15) is 0 Å². The van der Waals surface area contributed by atoms with Crippen LogP contribution in [-0.4, -0.2) is 27.7 Å². The summed E-state index contributed by atoms with van der Waals surface area (Å²) in [6.45, 7) is 0. The Labute approximate surface area is 195 Å². The van der Waals surface area contributed by atoms with E-state index in [2.05, 4.69) is 31.5 Å². The number of aromatic nitrogens is 3. The summed E-state index contributed by atoms with van der Waals surface area (Å²) in [6, 6.07) is 18.0. The second-order valence-corrected chi connectivity index (χ2v) is 8.78. The number of hydrogen-bond acceptors (Lipinski definition) is 4. The topological polar surface area (TPSA) is 49.2 Å². The van der Waals surface area contributed by atoms with Gasteiger partial charge >= 0.3 is 0 Å². The fourth-order valence-corrected chi connectivity index (χ4v) is 4.42. The van der Waals surface area contributed by atoms with Crippen molar-refractivity contribution >= 4 is 39.1 Å². The molecule has 0 atom stereocenters. The second-order valence-electron chi connectivity index (χ2n) is 7.87. The Balaban J connectivity index is 1.57. The minimum atomic E-state index is 0.245. The Kier molecular flexibility index (Phi) is 5.95. The molecule has 2 aromatic heterocycles. The molecule has 32 heavy (non-hydrogen) atoms. The molecule has 1 fully saturated rings. The SMILES string of the molecule is COc1cccc(/C=C/c2nc3ccccc3n2-c2ccc(Br)cn2)c1OC1CCCC1. The minimum absolute atomic E-state index is 0.245. The zero-order valence-electron chi connectivity index (χ0n) is 17.9. The van der Waals surface area contributed by atoms with Crippen LogP contribution < -0.4 is 9.47 Å². The molecule has 1 aliphatic carbocycles. The van der Waals surface area contributed by atoms with E-state index in [0.29, 0.717) is 0 Å². The maximum atomic E-state index is 6.38. The molecular weight excluding hydrogens is 466 g/mol. The van der Waals surface area contributed by atoms with Crippen molar-refractivity contribution < 1.29 is 9.47 Å². The Morgan fingerprint density at radius 1 is 1.00 bits per heavy atom. The number of para-hydroxylation sites is 3. The Morgan fingerprint density at radius 2 is 1.84 bits per heavy atom. The average molecular weight is 490 g/mol. The van der Waals surface area contributed by atoms with E-state index >= 15 is 0 Å². The van der Waals surface area contributed by atoms with Crippen LogP contribution >= 0.6 is 15.9 Å². The van der Waals surface area contributed by atoms with Crippen molar-refractivity contribution in [3.8, 4) is 17.3 Å². The predicted molar refractivity (Wildman–Crippen MR) is 131 cm³/mol. The molecule has 0 unspecified atom stereocenters. The standard InChI is InChI=1S/C26H24BrN3O2/c1-31-23-12-6-7-18(26(23)32-20-8-2-3-9-20)13-15-25-29-21-10-4-5-11-22(21)30(25)24-16-14-19(27)17-28-24/h4-7,10-17,20H,2-3,8-9H2,1H3/b15-13+. The van der Waals surface area contributed by atoms with E-state index in [1.807, 2.05) is 60.7 Å². The van der Waals surface area contributed by atoms with E-state index < -0.39 is 0 Å². The quantitative estimate of drug-likeness (QED) is 0.303. The van der Waals surface area contributed by atoms with E-state index in [1.165, 1.54) is 12.8 Å². The van der Waals surface area contributed by atoms with Crippen LogP contribution in [-0.2, 0) is 0 Å². The molecule has 2 heterocycles. The molecular formula is C26H24BrN3O2. The summed E-state index contributed by atoms with van der Waals surface area (Å²) >= 11 is 3.47. The maximum Gasteiger partial charge on any atom is 0.168 e. The number of nitrogens with zero attached hydrogens (tertiary/aromatic N) is 3. The highest BCUT2D eigenvalue weighted by molar-refractivity contribution is 9.10. The van der Waals surface area contributed by atoms with E-state index in [1.54, 1.807) is 13.3 Å². The smallest absolute Gasteiger partial charge is 0.168 e. The number of hydrogen-bond donors (Lipinski definition) is 0. The Hall–Kier alpha value is -3.12. The van der Waals surface area contributed by atoms with E-state index in [0.717, 1.165) is 57.1 Å². The van der Waals surface area contributed by atoms with Crippen molar-refractivity contribution in [2.75, 3.05) is 7.11 Å². The van der Waals surface area contributed by atoms with Gasteiger partial charge in [0.1, 0.15) is 11.6 Å². The first-order chi connectivity index (χ1) is 15.7. The zero-order valence-corrected chi connectivity index (χ0v) is 19.5. The van der Waals surface area contributed by atoms with Gasteiger partial charge in [0.2, 0.25) is 0 Å². The maximum absolute atomic E-state index is 6.38. The van der Waals surface area contributed by atoms with Crippen molar-refractivity contribution in [2.45, 2.75) is 31.8 Å². The Bertz CT molecular complexity index is 1260. The first kappa shape index (κ1) is 20.8. The number of benzene rings is 2. The van der Waals surface area contributed by atoms with Gasteiger partial charge < -0.3 is 9.47 Å². The van der Waals surface area contributed by atoms with E-state index in [4.69, 9.17) is 14.5 Å². The molecule has 0 aliphatic heterocycles. The molecule has 5 rings (SSSR count). The van der Waals surface area contributed by atoms with Crippen LogP contribution in [0.15, 0.2) is 65.3 Å². The molecule has 5 nitrogen and oxygen atoms in total. The van der Waals surface area contributed by atoms with Crippen LogP contribution in [0.2, 0.25) is 0 Å². The van der Waals surface area contributed by atoms with Gasteiger partial charge in [-0.3, -0.25) is 4.57 Å². The number of pyridine rings is 1. The monoisotopic (exact) mass is 489 g/mol. The average Bonchev–Trinajstić information content (AvgIpc) is 3.46. The lowest BCUT2D eigenvalue weighted by molar-refractivity contribution is 0.200. The molecule has 1 saturated carbocycles. The molecule has 0 N–H and O–H groups in total. The molecule has 1 aliphatic rings. The number of halogens is 1. The second kappa shape index (κ2) is 9.17. The summed E-state index contributed by atoms with van der Waals surface area (Å²) in [7, 11) is 1.68. The molecule has 0 saturated heterocycles. The number of imidazole rings is 1. The minimum Gasteiger partial charge on any atom is -0.493 e. The lowest BCUT2D eigenvalue weighted by Gasteiger charge is -2.18. The third-order valence-corrected chi connectivity index (χ3v) is 6.22. The third kappa shape index (κ3) is 4.15. The van der Waals surface area contributed by atoms with E-state index in [-0.39, 0.29) is 6.10 Å². The molecule has 6 heteroatoms. The highest BCUT2D eigenvalue weighted by atomic mass is 79.9. The van der Waals surface area contributed by atoms with Gasteiger partial charge in [0.05, 0.1) is 24.2 Å². The first-order valence-electron chi connectivity index (χ1n) is 10.8. The number of methoxy groups -OCH3 is 1. The Morgan fingerprint density at radius 3 is 2.62 bits per heavy atom. The molecule has 0 spiro atoms. The number of fused-ring (bicyclic) bond motifs is 1. The number of ether oxygens (including phenoxy) is 2. The van der Waals surface area contributed by atoms with Crippen LogP contribution in [0.4, 0.5) is 0 Å². The highest BCUT2D eigenvalue weighted by Gasteiger charge is 2.20. The van der Waals surface area contributed by atoms with Crippen LogP contribution in [0.5, 0.6) is 11.5 Å². The lowest BCUT2D eigenvalue weighted by atomic mass is 10.1. The normalized spacial score (nSPS) is 14.4. The largest absolute Gasteiger partial charge is 0.493 e. The van der Waals surface area contributed by atoms with E-state index in [9.17, 15) is 0 Å². The van der Waals surface area contributed by atoms with Gasteiger partial charge in [-0.15, -0.1) is 0 Å². The van der Waals surface area contributed by atoms with Crippen LogP contribution in [0.1, 0.15) is 37.1 Å². The van der Waals surface area contributed by atoms with Gasteiger partial charge in [-0.1, -0.05) is 24.3 Å². The third-order valence-electron chi connectivity index (χ3n) is 5.76. The lowest BCUT2D eigenvalue weighted by Crippen LogP contribution is -2.12. The van der Waals surface area contributed by atoms with Crippen molar-refractivity contribution in [1.82, 2.24) is 14.5 Å². The van der Waals surface area contributed by atoms with Crippen molar-refractivity contribution in [1.29, 1.82) is 0 Å². The molecule has 162 valence electrons. The van der Waals surface area contributed by atoms with Crippen LogP contribution in [0.3, 0.4) is 0 Å². The number of rotatable bonds is 6. The van der Waals surface area contributed by atoms with Crippen LogP contribution in [0.25, 0.3) is 29.0 Å². The summed E-state index contributed by atoms with van der Waals surface area (Å²) in [5.74, 6) is 3.16. The summed E-state index contributed by atoms with van der Waals surface area (Å²) < 4.78 is 15.0. The van der Waals surface area contributed by atoms with Gasteiger partial charge in [0, 0.05) is 16.2 Å². The van der Waals surface area contributed by atoms with Crippen molar-refractivity contribution in [3.05, 3.63) is 76.7 Å². The first-order valence-corrected chi connectivity index (χ1v) is 11.6. The predicted octanol–water partition coefficient (Wildman–Crippen LogP) is 6.68. The fourth-order valence-electron chi connectivity index (χ4n) is 4.19. The molecule has 2 aromatic carbocycles. The zero-order chi connectivity index (χ0) is 21.9. The van der Waals surface area contributed by atoms with Gasteiger partial charge in [0.15, 0.2) is 11.5 Å². The van der Waals surface area contributed by atoms with Crippen LogP contribution in [0, 0.1) is 0 Å². The van der Waals surface area contributed by atoms with Gasteiger partial charge in [-0.05, 0) is 84.1 Å². The van der Waals surface area contributed by atoms with Gasteiger partial charge in [0.25, 0.3) is 0 Å². The molecule has 4 aromatic rings. The van der Waals surface area contributed by atoms with Crippen molar-refractivity contribution in [3.63, 3.8) is 0 Å². The highest BCUT2D eigenvalue weighted by Crippen LogP contribution is 2.36. The van der Waals surface area contributed by atoms with Gasteiger partial charge in [-0.25, -0.2) is 9.97 Å².